The van der Waals surface area contributed by atoms with E-state index >= 15 is 0 Å². The van der Waals surface area contributed by atoms with E-state index in [9.17, 15) is 0 Å². The second-order valence-electron chi connectivity index (χ2n) is 2.71. The third kappa shape index (κ3) is 0.895. The highest BCUT2D eigenvalue weighted by Crippen LogP contribution is 2.16. The maximum Gasteiger partial charge on any atom is 0.106 e. The fourth-order valence-electron chi connectivity index (χ4n) is 1.41. The lowest BCUT2D eigenvalue weighted by atomic mass is 10.1. The predicted molar refractivity (Wildman–Crippen MR) is 39.5 cm³/mol. The predicted octanol–water partition coefficient (Wildman–Crippen LogP) is 0.815. The Labute approximate surface area is 60.6 Å². The topological polar surface area (TPSA) is 21.3 Å². The smallest absolute Gasteiger partial charge is 0.106 e. The quantitative estimate of drug-likeness (QED) is 0.533. The first-order chi connectivity index (χ1) is 4.86. The Morgan fingerprint density at radius 3 is 2.90 bits per heavy atom. The molecule has 0 aromatic rings. The second kappa shape index (κ2) is 2.22. The second-order valence-corrected chi connectivity index (χ2v) is 2.71. The van der Waals surface area contributed by atoms with Gasteiger partial charge in [0, 0.05) is 0 Å². The molecule has 1 aliphatic heterocycles. The first-order valence-corrected chi connectivity index (χ1v) is 3.63. The maximum atomic E-state index is 5.52. The summed E-state index contributed by atoms with van der Waals surface area (Å²) in [4.78, 5) is 0. The normalized spacial score (nSPS) is 43.9. The van der Waals surface area contributed by atoms with Gasteiger partial charge in [-0.05, 0) is 6.92 Å². The van der Waals surface area contributed by atoms with Crippen molar-refractivity contribution in [2.75, 3.05) is 0 Å². The lowest BCUT2D eigenvalue weighted by molar-refractivity contribution is 0.0759. The van der Waals surface area contributed by atoms with Crippen LogP contribution in [0.2, 0.25) is 0 Å². The summed E-state index contributed by atoms with van der Waals surface area (Å²) in [6.45, 7) is 2.03. The standard InChI is InChI=1S/C8H11NO/c1-6-9-7-4-2-3-5-8(7)10-6/h2-9H,1H3. The van der Waals surface area contributed by atoms with Crippen molar-refractivity contribution in [1.29, 1.82) is 0 Å². The van der Waals surface area contributed by atoms with E-state index in [2.05, 4.69) is 23.5 Å². The highest BCUT2D eigenvalue weighted by molar-refractivity contribution is 5.20. The van der Waals surface area contributed by atoms with Crippen molar-refractivity contribution in [3.63, 3.8) is 0 Å². The molecule has 0 saturated carbocycles. The molecule has 2 aliphatic rings. The van der Waals surface area contributed by atoms with E-state index in [4.69, 9.17) is 4.74 Å². The zero-order valence-corrected chi connectivity index (χ0v) is 5.95. The van der Waals surface area contributed by atoms with Crippen LogP contribution in [0.3, 0.4) is 0 Å². The average Bonchev–Trinajstić information content (AvgIpc) is 2.27. The van der Waals surface area contributed by atoms with Crippen molar-refractivity contribution >= 4 is 0 Å². The van der Waals surface area contributed by atoms with Crippen LogP contribution in [-0.2, 0) is 4.74 Å². The fourth-order valence-corrected chi connectivity index (χ4v) is 1.41. The molecule has 1 heterocycles. The summed E-state index contributed by atoms with van der Waals surface area (Å²) < 4.78 is 5.52. The number of allylic oxidation sites excluding steroid dienone is 2. The van der Waals surface area contributed by atoms with Gasteiger partial charge in [0.15, 0.2) is 0 Å². The summed E-state index contributed by atoms with van der Waals surface area (Å²) in [5, 5.41) is 3.30. The zero-order valence-electron chi connectivity index (χ0n) is 5.95. The number of ether oxygens (including phenoxy) is 1. The first kappa shape index (κ1) is 6.13. The Morgan fingerprint density at radius 1 is 1.30 bits per heavy atom. The summed E-state index contributed by atoms with van der Waals surface area (Å²) in [6.07, 6.45) is 8.76. The van der Waals surface area contributed by atoms with Gasteiger partial charge < -0.3 is 4.74 Å². The number of fused-ring (bicyclic) bond motifs is 1. The summed E-state index contributed by atoms with van der Waals surface area (Å²) in [5.74, 6) is 0. The molecule has 1 saturated heterocycles. The van der Waals surface area contributed by atoms with Crippen molar-refractivity contribution in [2.24, 2.45) is 0 Å². The lowest BCUT2D eigenvalue weighted by Gasteiger charge is -2.11. The monoisotopic (exact) mass is 137 g/mol. The van der Waals surface area contributed by atoms with Gasteiger partial charge >= 0.3 is 0 Å². The van der Waals surface area contributed by atoms with Crippen molar-refractivity contribution in [2.45, 2.75) is 25.3 Å². The molecule has 10 heavy (non-hydrogen) atoms. The van der Waals surface area contributed by atoms with E-state index in [1.807, 2.05) is 13.0 Å². The largest absolute Gasteiger partial charge is 0.354 e. The Balaban J connectivity index is 2.14. The van der Waals surface area contributed by atoms with Crippen LogP contribution in [0.25, 0.3) is 0 Å². The molecule has 0 aromatic heterocycles. The van der Waals surface area contributed by atoms with E-state index in [1.165, 1.54) is 0 Å². The van der Waals surface area contributed by atoms with Crippen LogP contribution >= 0.6 is 0 Å². The molecule has 54 valence electrons. The van der Waals surface area contributed by atoms with Crippen molar-refractivity contribution in [1.82, 2.24) is 5.32 Å². The number of hydrogen-bond donors (Lipinski definition) is 1. The Morgan fingerprint density at radius 2 is 2.10 bits per heavy atom. The molecule has 0 bridgehead atoms. The van der Waals surface area contributed by atoms with Crippen LogP contribution in [-0.4, -0.2) is 18.4 Å². The first-order valence-electron chi connectivity index (χ1n) is 3.63. The summed E-state index contributed by atoms with van der Waals surface area (Å²) >= 11 is 0. The van der Waals surface area contributed by atoms with Crippen molar-refractivity contribution in [3.05, 3.63) is 24.3 Å². The van der Waals surface area contributed by atoms with E-state index in [0.717, 1.165) is 0 Å². The molecule has 1 N–H and O–H groups in total. The van der Waals surface area contributed by atoms with Gasteiger partial charge in [0.2, 0.25) is 0 Å². The van der Waals surface area contributed by atoms with E-state index in [0.29, 0.717) is 6.04 Å². The third-order valence-corrected chi connectivity index (χ3v) is 1.87. The van der Waals surface area contributed by atoms with Gasteiger partial charge in [0.1, 0.15) is 6.23 Å². The van der Waals surface area contributed by atoms with Crippen molar-refractivity contribution < 1.29 is 4.74 Å². The van der Waals surface area contributed by atoms with Gasteiger partial charge in [-0.25, -0.2) is 0 Å². The van der Waals surface area contributed by atoms with Crippen LogP contribution in [0.5, 0.6) is 0 Å². The molecule has 1 aliphatic carbocycles. The molecule has 0 spiro atoms. The van der Waals surface area contributed by atoms with Crippen LogP contribution in [0.1, 0.15) is 6.92 Å². The van der Waals surface area contributed by atoms with Gasteiger partial charge in [-0.1, -0.05) is 24.3 Å². The van der Waals surface area contributed by atoms with Crippen LogP contribution in [0, 0.1) is 0 Å². The van der Waals surface area contributed by atoms with E-state index < -0.39 is 0 Å². The summed E-state index contributed by atoms with van der Waals surface area (Å²) in [6, 6.07) is 0.403. The molecule has 0 radical (unpaired) electrons. The zero-order chi connectivity index (χ0) is 6.97. The van der Waals surface area contributed by atoms with Gasteiger partial charge in [-0.15, -0.1) is 0 Å². The molecule has 0 amide bonds. The van der Waals surface area contributed by atoms with Crippen LogP contribution < -0.4 is 5.32 Å². The highest BCUT2D eigenvalue weighted by Gasteiger charge is 2.28. The van der Waals surface area contributed by atoms with E-state index in [-0.39, 0.29) is 12.3 Å². The van der Waals surface area contributed by atoms with Crippen LogP contribution in [0.4, 0.5) is 0 Å². The fraction of sp³-hybridized carbons (Fsp3) is 0.500. The molecule has 1 fully saturated rings. The number of rotatable bonds is 0. The average molecular weight is 137 g/mol. The molecular formula is C8H11NO. The van der Waals surface area contributed by atoms with Crippen LogP contribution in [0.15, 0.2) is 24.3 Å². The van der Waals surface area contributed by atoms with Gasteiger partial charge in [-0.3, -0.25) is 5.32 Å². The SMILES string of the molecule is CC1NC2C=CC=CC2O1. The minimum Gasteiger partial charge on any atom is -0.354 e. The molecule has 3 unspecified atom stereocenters. The lowest BCUT2D eigenvalue weighted by Crippen LogP contribution is -2.30. The summed E-state index contributed by atoms with van der Waals surface area (Å²) in [7, 11) is 0. The Hall–Kier alpha value is -0.600. The third-order valence-electron chi connectivity index (χ3n) is 1.87. The van der Waals surface area contributed by atoms with Crippen molar-refractivity contribution in [3.8, 4) is 0 Å². The molecule has 3 atom stereocenters. The molecular weight excluding hydrogens is 126 g/mol. The summed E-state index contributed by atoms with van der Waals surface area (Å²) in [5.41, 5.74) is 0. The van der Waals surface area contributed by atoms with Gasteiger partial charge in [0.05, 0.1) is 12.1 Å². The molecule has 2 rings (SSSR count). The Kier molecular flexibility index (Phi) is 1.36. The highest BCUT2D eigenvalue weighted by atomic mass is 16.5. The minimum atomic E-state index is 0.197. The molecule has 2 nitrogen and oxygen atoms in total. The van der Waals surface area contributed by atoms with Gasteiger partial charge in [-0.2, -0.15) is 0 Å². The van der Waals surface area contributed by atoms with Gasteiger partial charge in [0.25, 0.3) is 0 Å². The molecule has 2 heteroatoms. The number of nitrogens with one attached hydrogen (secondary N) is 1. The minimum absolute atomic E-state index is 0.197. The maximum absolute atomic E-state index is 5.52. The van der Waals surface area contributed by atoms with E-state index in [1.54, 1.807) is 0 Å². The molecule has 0 aromatic carbocycles. The number of hydrogen-bond acceptors (Lipinski definition) is 2. The Bertz CT molecular complexity index is 166.